The molecule has 1 atom stereocenters. The Morgan fingerprint density at radius 3 is 2.78 bits per heavy atom. The fourth-order valence-electron chi connectivity index (χ4n) is 1.97. The quantitative estimate of drug-likeness (QED) is 0.705. The first-order valence-electron chi connectivity index (χ1n) is 6.64. The summed E-state index contributed by atoms with van der Waals surface area (Å²) in [6.45, 7) is 4.36. The predicted octanol–water partition coefficient (Wildman–Crippen LogP) is 4.98. The lowest BCUT2D eigenvalue weighted by atomic mass is 10.1. The molecular formula is C15H21ClN2. The van der Waals surface area contributed by atoms with Crippen molar-refractivity contribution in [2.24, 2.45) is 0 Å². The average Bonchev–Trinajstić information content (AvgIpc) is 2.35. The number of nitrogens with zero attached hydrogens (tertiary/aromatic N) is 1. The Labute approximate surface area is 115 Å². The third kappa shape index (κ3) is 4.58. The zero-order chi connectivity index (χ0) is 13.4. The lowest BCUT2D eigenvalue weighted by Crippen LogP contribution is -2.15. The number of nitrogens with one attached hydrogen (secondary N) is 1. The van der Waals surface area contributed by atoms with E-state index in [1.54, 1.807) is 6.07 Å². The molecular weight excluding hydrogens is 244 g/mol. The van der Waals surface area contributed by atoms with E-state index in [4.69, 9.17) is 16.9 Å². The van der Waals surface area contributed by atoms with Crippen LogP contribution >= 0.6 is 11.6 Å². The molecule has 0 aliphatic rings. The molecule has 0 saturated heterocycles. The fraction of sp³-hybridized carbons (Fsp3) is 0.533. The van der Waals surface area contributed by atoms with Crippen molar-refractivity contribution in [2.75, 3.05) is 5.32 Å². The molecule has 1 aromatic rings. The van der Waals surface area contributed by atoms with Gasteiger partial charge in [0.15, 0.2) is 0 Å². The normalized spacial score (nSPS) is 11.9. The second kappa shape index (κ2) is 8.00. The summed E-state index contributed by atoms with van der Waals surface area (Å²) in [5, 5.41) is 13.0. The summed E-state index contributed by atoms with van der Waals surface area (Å²) < 4.78 is 0. The molecule has 0 aromatic heterocycles. The van der Waals surface area contributed by atoms with Crippen LogP contribution in [-0.4, -0.2) is 6.04 Å². The van der Waals surface area contributed by atoms with Crippen molar-refractivity contribution in [2.45, 2.75) is 52.0 Å². The van der Waals surface area contributed by atoms with Gasteiger partial charge >= 0.3 is 0 Å². The predicted molar refractivity (Wildman–Crippen MR) is 78.0 cm³/mol. The fourth-order valence-corrected chi connectivity index (χ4v) is 2.19. The van der Waals surface area contributed by atoms with Gasteiger partial charge in [-0.15, -0.1) is 0 Å². The smallest absolute Gasteiger partial charge is 0.103 e. The van der Waals surface area contributed by atoms with Crippen LogP contribution < -0.4 is 5.32 Å². The molecule has 98 valence electrons. The molecule has 0 spiro atoms. The van der Waals surface area contributed by atoms with Crippen molar-refractivity contribution in [1.82, 2.24) is 0 Å². The summed E-state index contributed by atoms with van der Waals surface area (Å²) in [6.07, 6.45) is 6.19. The van der Waals surface area contributed by atoms with Gasteiger partial charge < -0.3 is 5.32 Å². The van der Waals surface area contributed by atoms with Gasteiger partial charge in [0.1, 0.15) is 6.07 Å². The Bertz CT molecular complexity index is 409. The van der Waals surface area contributed by atoms with Gasteiger partial charge in [-0.2, -0.15) is 5.26 Å². The number of rotatable bonds is 7. The molecule has 0 aliphatic heterocycles. The highest BCUT2D eigenvalue weighted by atomic mass is 35.5. The van der Waals surface area contributed by atoms with E-state index < -0.39 is 0 Å². The number of halogens is 1. The van der Waals surface area contributed by atoms with E-state index in [1.165, 1.54) is 25.7 Å². The molecule has 0 heterocycles. The second-order valence-electron chi connectivity index (χ2n) is 4.67. The van der Waals surface area contributed by atoms with Gasteiger partial charge in [-0.3, -0.25) is 0 Å². The van der Waals surface area contributed by atoms with E-state index in [0.717, 1.165) is 12.1 Å². The largest absolute Gasteiger partial charge is 0.381 e. The number of hydrogen-bond donors (Lipinski definition) is 1. The highest BCUT2D eigenvalue weighted by Crippen LogP contribution is 2.24. The van der Waals surface area contributed by atoms with Crippen molar-refractivity contribution in [1.29, 1.82) is 5.26 Å². The SMILES string of the molecule is CCCCCCC(C)Nc1cccc(Cl)c1C#N. The standard InChI is InChI=1S/C15H21ClN2/c1-3-4-5-6-8-12(2)18-15-10-7-9-14(16)13(15)11-17/h7,9-10,12,18H,3-6,8H2,1-2H3. The molecule has 2 nitrogen and oxygen atoms in total. The van der Waals surface area contributed by atoms with Gasteiger partial charge in [-0.1, -0.05) is 50.3 Å². The first-order valence-corrected chi connectivity index (χ1v) is 7.02. The first kappa shape index (κ1) is 14.9. The Balaban J connectivity index is 2.52. The highest BCUT2D eigenvalue weighted by Gasteiger charge is 2.08. The molecule has 0 radical (unpaired) electrons. The molecule has 1 rings (SSSR count). The molecule has 0 aliphatic carbocycles. The van der Waals surface area contributed by atoms with Crippen LogP contribution in [0.25, 0.3) is 0 Å². The minimum absolute atomic E-state index is 0.368. The van der Waals surface area contributed by atoms with E-state index in [2.05, 4.69) is 25.2 Å². The zero-order valence-electron chi connectivity index (χ0n) is 11.2. The number of benzene rings is 1. The summed E-state index contributed by atoms with van der Waals surface area (Å²) in [6, 6.07) is 8.05. The van der Waals surface area contributed by atoms with E-state index in [-0.39, 0.29) is 0 Å². The highest BCUT2D eigenvalue weighted by molar-refractivity contribution is 6.32. The van der Waals surface area contributed by atoms with E-state index in [1.807, 2.05) is 12.1 Å². The molecule has 0 fully saturated rings. The van der Waals surface area contributed by atoms with E-state index in [9.17, 15) is 0 Å². The van der Waals surface area contributed by atoms with Crippen molar-refractivity contribution in [3.8, 4) is 6.07 Å². The van der Waals surface area contributed by atoms with E-state index >= 15 is 0 Å². The van der Waals surface area contributed by atoms with Crippen LogP contribution in [0.15, 0.2) is 18.2 Å². The molecule has 1 aromatic carbocycles. The number of unbranched alkanes of at least 4 members (excludes halogenated alkanes) is 3. The minimum atomic E-state index is 0.368. The summed E-state index contributed by atoms with van der Waals surface area (Å²) in [5.74, 6) is 0. The Hall–Kier alpha value is -1.20. The molecule has 3 heteroatoms. The van der Waals surface area contributed by atoms with Crippen molar-refractivity contribution in [3.05, 3.63) is 28.8 Å². The molecule has 1 unspecified atom stereocenters. The lowest BCUT2D eigenvalue weighted by Gasteiger charge is -2.16. The molecule has 0 saturated carbocycles. The van der Waals surface area contributed by atoms with Crippen molar-refractivity contribution in [3.63, 3.8) is 0 Å². The van der Waals surface area contributed by atoms with Gasteiger partial charge in [-0.25, -0.2) is 0 Å². The van der Waals surface area contributed by atoms with Crippen LogP contribution in [-0.2, 0) is 0 Å². The average molecular weight is 265 g/mol. The summed E-state index contributed by atoms with van der Waals surface area (Å²) in [4.78, 5) is 0. The Morgan fingerprint density at radius 1 is 1.33 bits per heavy atom. The van der Waals surface area contributed by atoms with Crippen LogP contribution in [0.4, 0.5) is 5.69 Å². The van der Waals surface area contributed by atoms with Crippen molar-refractivity contribution < 1.29 is 0 Å². The molecule has 0 bridgehead atoms. The Morgan fingerprint density at radius 2 is 2.11 bits per heavy atom. The van der Waals surface area contributed by atoms with Crippen LogP contribution in [0.1, 0.15) is 51.5 Å². The molecule has 1 N–H and O–H groups in total. The number of nitriles is 1. The topological polar surface area (TPSA) is 35.8 Å². The van der Waals surface area contributed by atoms with Crippen LogP contribution in [0.5, 0.6) is 0 Å². The van der Waals surface area contributed by atoms with Gasteiger partial charge in [0.2, 0.25) is 0 Å². The van der Waals surface area contributed by atoms with Gasteiger partial charge in [-0.05, 0) is 25.5 Å². The van der Waals surface area contributed by atoms with Gasteiger partial charge in [0.25, 0.3) is 0 Å². The summed E-state index contributed by atoms with van der Waals surface area (Å²) in [7, 11) is 0. The first-order chi connectivity index (χ1) is 8.69. The monoisotopic (exact) mass is 264 g/mol. The van der Waals surface area contributed by atoms with Gasteiger partial charge in [0.05, 0.1) is 16.3 Å². The molecule has 0 amide bonds. The van der Waals surface area contributed by atoms with Crippen molar-refractivity contribution >= 4 is 17.3 Å². The lowest BCUT2D eigenvalue weighted by molar-refractivity contribution is 0.594. The van der Waals surface area contributed by atoms with Crippen LogP contribution in [0.3, 0.4) is 0 Å². The summed E-state index contributed by atoms with van der Waals surface area (Å²) >= 11 is 6.00. The third-order valence-electron chi connectivity index (χ3n) is 3.02. The third-order valence-corrected chi connectivity index (χ3v) is 3.33. The Kier molecular flexibility index (Phi) is 6.60. The minimum Gasteiger partial charge on any atom is -0.381 e. The molecule has 18 heavy (non-hydrogen) atoms. The summed E-state index contributed by atoms with van der Waals surface area (Å²) in [5.41, 5.74) is 1.38. The maximum absolute atomic E-state index is 9.08. The maximum atomic E-state index is 9.08. The number of hydrogen-bond acceptors (Lipinski definition) is 2. The zero-order valence-corrected chi connectivity index (χ0v) is 11.9. The number of anilines is 1. The van der Waals surface area contributed by atoms with E-state index in [0.29, 0.717) is 16.6 Å². The van der Waals surface area contributed by atoms with Crippen LogP contribution in [0, 0.1) is 11.3 Å². The maximum Gasteiger partial charge on any atom is 0.103 e. The second-order valence-corrected chi connectivity index (χ2v) is 5.08. The van der Waals surface area contributed by atoms with Gasteiger partial charge in [0, 0.05) is 6.04 Å². The van der Waals surface area contributed by atoms with Crippen LogP contribution in [0.2, 0.25) is 5.02 Å².